The Labute approximate surface area is 190 Å². The van der Waals surface area contributed by atoms with Gasteiger partial charge in [-0.3, -0.25) is 4.79 Å². The molecule has 1 fully saturated rings. The van der Waals surface area contributed by atoms with Gasteiger partial charge in [-0.15, -0.1) is 11.3 Å². The molecule has 0 spiro atoms. The molecular formula is C23H26ClN3O3S. The van der Waals surface area contributed by atoms with E-state index in [1.165, 1.54) is 11.3 Å². The Morgan fingerprint density at radius 2 is 2.26 bits per heavy atom. The molecular weight excluding hydrogens is 434 g/mol. The molecule has 0 saturated heterocycles. The third-order valence-electron chi connectivity index (χ3n) is 6.45. The number of aliphatic carboxylic acids is 1. The van der Waals surface area contributed by atoms with Gasteiger partial charge in [-0.05, 0) is 54.3 Å². The van der Waals surface area contributed by atoms with Crippen molar-refractivity contribution in [3.8, 4) is 5.75 Å². The Morgan fingerprint density at radius 3 is 2.97 bits per heavy atom. The van der Waals surface area contributed by atoms with E-state index < -0.39 is 11.4 Å². The van der Waals surface area contributed by atoms with Gasteiger partial charge in [0.25, 0.3) is 0 Å². The molecule has 3 aromatic rings. The molecule has 4 rings (SSSR count). The van der Waals surface area contributed by atoms with Gasteiger partial charge < -0.3 is 15.2 Å². The average molecular weight is 460 g/mol. The SMILES string of the molecule is CCC1CC(NCc2ccc(OC)c(Cl)c2)CCC1(C(=O)O)c1ncc2ccsc2n1. The number of ether oxygens (including phenoxy) is 1. The van der Waals surface area contributed by atoms with E-state index >= 15 is 0 Å². The summed E-state index contributed by atoms with van der Waals surface area (Å²) in [6, 6.07) is 7.94. The second kappa shape index (κ2) is 9.10. The van der Waals surface area contributed by atoms with Crippen molar-refractivity contribution < 1.29 is 14.6 Å². The van der Waals surface area contributed by atoms with Gasteiger partial charge in [0.05, 0.1) is 12.1 Å². The van der Waals surface area contributed by atoms with Crippen molar-refractivity contribution in [2.75, 3.05) is 7.11 Å². The molecule has 8 heteroatoms. The summed E-state index contributed by atoms with van der Waals surface area (Å²) in [7, 11) is 1.60. The van der Waals surface area contributed by atoms with Crippen molar-refractivity contribution in [2.24, 2.45) is 5.92 Å². The molecule has 1 aliphatic carbocycles. The van der Waals surface area contributed by atoms with Crippen LogP contribution in [0.3, 0.4) is 0 Å². The fraction of sp³-hybridized carbons (Fsp3) is 0.435. The number of nitrogens with one attached hydrogen (secondary N) is 1. The van der Waals surface area contributed by atoms with Gasteiger partial charge >= 0.3 is 5.97 Å². The Morgan fingerprint density at radius 1 is 1.42 bits per heavy atom. The van der Waals surface area contributed by atoms with Crippen LogP contribution in [0.15, 0.2) is 35.8 Å². The monoisotopic (exact) mass is 459 g/mol. The van der Waals surface area contributed by atoms with Crippen molar-refractivity contribution >= 4 is 39.1 Å². The number of nitrogens with zero attached hydrogens (tertiary/aromatic N) is 2. The van der Waals surface area contributed by atoms with Crippen LogP contribution >= 0.6 is 22.9 Å². The van der Waals surface area contributed by atoms with Gasteiger partial charge in [-0.1, -0.05) is 31.0 Å². The molecule has 0 bridgehead atoms. The fourth-order valence-corrected chi connectivity index (χ4v) is 5.71. The summed E-state index contributed by atoms with van der Waals surface area (Å²) < 4.78 is 5.21. The molecule has 2 heterocycles. The minimum Gasteiger partial charge on any atom is -0.495 e. The van der Waals surface area contributed by atoms with Gasteiger partial charge in [0, 0.05) is 24.2 Å². The molecule has 0 aliphatic heterocycles. The number of carboxylic acid groups (broad SMARTS) is 1. The van der Waals surface area contributed by atoms with E-state index in [2.05, 4.69) is 22.2 Å². The molecule has 1 saturated carbocycles. The lowest BCUT2D eigenvalue weighted by Crippen LogP contribution is -2.51. The molecule has 1 aliphatic rings. The first-order valence-corrected chi connectivity index (χ1v) is 11.7. The normalized spacial score (nSPS) is 23.7. The van der Waals surface area contributed by atoms with E-state index in [9.17, 15) is 9.90 Å². The number of thiophene rings is 1. The van der Waals surface area contributed by atoms with Gasteiger partial charge in [-0.2, -0.15) is 0 Å². The zero-order chi connectivity index (χ0) is 22.0. The highest BCUT2D eigenvalue weighted by atomic mass is 35.5. The Bertz CT molecular complexity index is 1090. The number of hydrogen-bond acceptors (Lipinski definition) is 6. The van der Waals surface area contributed by atoms with E-state index in [0.717, 1.165) is 35.0 Å². The molecule has 3 atom stereocenters. The first-order valence-electron chi connectivity index (χ1n) is 10.5. The summed E-state index contributed by atoms with van der Waals surface area (Å²) in [5.41, 5.74) is 0.0227. The van der Waals surface area contributed by atoms with Crippen LogP contribution in [0.5, 0.6) is 5.75 Å². The predicted molar refractivity (Wildman–Crippen MR) is 123 cm³/mol. The summed E-state index contributed by atoms with van der Waals surface area (Å²) >= 11 is 7.76. The van der Waals surface area contributed by atoms with Crippen molar-refractivity contribution in [3.05, 3.63) is 52.3 Å². The summed E-state index contributed by atoms with van der Waals surface area (Å²) in [4.78, 5) is 22.6. The molecule has 0 radical (unpaired) electrons. The zero-order valence-corrected chi connectivity index (χ0v) is 19.2. The highest BCUT2D eigenvalue weighted by Crippen LogP contribution is 2.45. The van der Waals surface area contributed by atoms with E-state index in [4.69, 9.17) is 16.3 Å². The summed E-state index contributed by atoms with van der Waals surface area (Å²) in [5, 5.41) is 17.4. The smallest absolute Gasteiger partial charge is 0.317 e. The number of carboxylic acids is 1. The minimum atomic E-state index is -1.05. The zero-order valence-electron chi connectivity index (χ0n) is 17.6. The number of aromatic nitrogens is 2. The number of hydrogen-bond donors (Lipinski definition) is 2. The van der Waals surface area contributed by atoms with Crippen molar-refractivity contribution in [1.82, 2.24) is 15.3 Å². The van der Waals surface area contributed by atoms with Crippen molar-refractivity contribution in [2.45, 2.75) is 50.6 Å². The molecule has 3 unspecified atom stereocenters. The summed E-state index contributed by atoms with van der Waals surface area (Å²) in [6.45, 7) is 2.72. The minimum absolute atomic E-state index is 0.0480. The second-order valence-electron chi connectivity index (χ2n) is 8.08. The highest BCUT2D eigenvalue weighted by molar-refractivity contribution is 7.16. The van der Waals surface area contributed by atoms with Crippen molar-refractivity contribution in [1.29, 1.82) is 0 Å². The topological polar surface area (TPSA) is 84.3 Å². The lowest BCUT2D eigenvalue weighted by atomic mass is 9.63. The lowest BCUT2D eigenvalue weighted by Gasteiger charge is -2.42. The highest BCUT2D eigenvalue weighted by Gasteiger charge is 2.52. The van der Waals surface area contributed by atoms with Crippen LogP contribution in [0.25, 0.3) is 10.2 Å². The molecule has 2 N–H and O–H groups in total. The van der Waals surface area contributed by atoms with Gasteiger partial charge in [0.15, 0.2) is 0 Å². The lowest BCUT2D eigenvalue weighted by molar-refractivity contribution is -0.148. The summed E-state index contributed by atoms with van der Waals surface area (Å²) in [5.74, 6) is 0.231. The summed E-state index contributed by atoms with van der Waals surface area (Å²) in [6.07, 6.45) is 4.53. The van der Waals surface area contributed by atoms with E-state index in [1.54, 1.807) is 13.3 Å². The largest absolute Gasteiger partial charge is 0.495 e. The maximum Gasteiger partial charge on any atom is 0.317 e. The second-order valence-corrected chi connectivity index (χ2v) is 9.38. The maximum absolute atomic E-state index is 12.6. The van der Waals surface area contributed by atoms with E-state index in [-0.39, 0.29) is 12.0 Å². The third-order valence-corrected chi connectivity index (χ3v) is 7.56. The van der Waals surface area contributed by atoms with Gasteiger partial charge in [-0.25, -0.2) is 9.97 Å². The Hall–Kier alpha value is -2.22. The van der Waals surface area contributed by atoms with Crippen LogP contribution in [0.1, 0.15) is 44.0 Å². The number of methoxy groups -OCH3 is 1. The van der Waals surface area contributed by atoms with Crippen LogP contribution in [0.4, 0.5) is 0 Å². The molecule has 31 heavy (non-hydrogen) atoms. The third kappa shape index (κ3) is 4.14. The van der Waals surface area contributed by atoms with Crippen LogP contribution in [0.2, 0.25) is 5.02 Å². The van der Waals surface area contributed by atoms with Crippen LogP contribution < -0.4 is 10.1 Å². The number of rotatable bonds is 7. The number of carbonyl (C=O) groups is 1. The van der Waals surface area contributed by atoms with Crippen LogP contribution in [0, 0.1) is 5.92 Å². The van der Waals surface area contributed by atoms with Crippen molar-refractivity contribution in [3.63, 3.8) is 0 Å². The predicted octanol–water partition coefficient (Wildman–Crippen LogP) is 5.04. The van der Waals surface area contributed by atoms with E-state index in [0.29, 0.717) is 29.6 Å². The number of benzene rings is 1. The van der Waals surface area contributed by atoms with Crippen LogP contribution in [-0.4, -0.2) is 34.2 Å². The standard InChI is InChI=1S/C23H26ClN3O3S/c1-3-16-11-17(25-12-14-4-5-19(30-2)18(24)10-14)6-8-23(16,22(28)29)21-26-13-15-7-9-31-20(15)27-21/h4-5,7,9-10,13,16-17,25H,3,6,8,11-12H2,1-2H3,(H,28,29). The van der Waals surface area contributed by atoms with E-state index in [1.807, 2.05) is 29.6 Å². The Kier molecular flexibility index (Phi) is 6.46. The molecule has 6 nitrogen and oxygen atoms in total. The maximum atomic E-state index is 12.6. The number of halogens is 1. The molecule has 164 valence electrons. The number of fused-ring (bicyclic) bond motifs is 1. The van der Waals surface area contributed by atoms with Gasteiger partial charge in [0.2, 0.25) is 0 Å². The quantitative estimate of drug-likeness (QED) is 0.514. The fourth-order valence-electron chi connectivity index (χ4n) is 4.69. The molecule has 0 amide bonds. The molecule has 2 aromatic heterocycles. The van der Waals surface area contributed by atoms with Crippen LogP contribution in [-0.2, 0) is 16.8 Å². The average Bonchev–Trinajstić information content (AvgIpc) is 3.25. The first-order chi connectivity index (χ1) is 15.0. The Balaban J connectivity index is 1.52. The van der Waals surface area contributed by atoms with Gasteiger partial charge in [0.1, 0.15) is 21.8 Å². The molecule has 1 aromatic carbocycles. The first kappa shape index (κ1) is 22.0.